The molecule has 0 saturated carbocycles. The van der Waals surface area contributed by atoms with E-state index in [4.69, 9.17) is 26.8 Å². The minimum absolute atomic E-state index is 0.0290. The summed E-state index contributed by atoms with van der Waals surface area (Å²) in [5, 5.41) is 2.54. The normalized spacial score (nSPS) is 14.0. The van der Waals surface area contributed by atoms with Crippen LogP contribution in [0.2, 0.25) is 5.02 Å². The van der Waals surface area contributed by atoms with E-state index >= 15 is 0 Å². The minimum atomic E-state index is -0.764. The highest BCUT2D eigenvalue weighted by Gasteiger charge is 2.16. The SMILES string of the molecule is Nc1ncc(-c2cccc(C(=O)NCCN3CCOCC3)c2)nc1OCc1c(F)ccc(F)c1Cl. The number of halogens is 3. The van der Waals surface area contributed by atoms with Crippen LogP contribution in [0.25, 0.3) is 11.3 Å². The van der Waals surface area contributed by atoms with Crippen LogP contribution in [0, 0.1) is 11.6 Å². The third-order valence-corrected chi connectivity index (χ3v) is 5.91. The van der Waals surface area contributed by atoms with Crippen LogP contribution in [0.4, 0.5) is 14.6 Å². The molecule has 1 amide bonds. The van der Waals surface area contributed by atoms with Crippen molar-refractivity contribution < 1.29 is 23.0 Å². The predicted octanol–water partition coefficient (Wildman–Crippen LogP) is 3.30. The highest BCUT2D eigenvalue weighted by atomic mass is 35.5. The maximum atomic E-state index is 14.0. The van der Waals surface area contributed by atoms with Crippen LogP contribution in [-0.4, -0.2) is 60.2 Å². The van der Waals surface area contributed by atoms with Gasteiger partial charge in [0, 0.05) is 42.9 Å². The Bertz CT molecular complexity index is 1210. The molecule has 0 spiro atoms. The molecule has 0 unspecified atom stereocenters. The first-order valence-corrected chi connectivity index (χ1v) is 11.4. The lowest BCUT2D eigenvalue weighted by Crippen LogP contribution is -2.41. The lowest BCUT2D eigenvalue weighted by Gasteiger charge is -2.26. The number of carbonyl (C=O) groups is 1. The van der Waals surface area contributed by atoms with Crippen molar-refractivity contribution in [2.45, 2.75) is 6.61 Å². The molecule has 2 aromatic carbocycles. The average Bonchev–Trinajstić information content (AvgIpc) is 2.88. The number of anilines is 1. The summed E-state index contributed by atoms with van der Waals surface area (Å²) in [6, 6.07) is 8.76. The van der Waals surface area contributed by atoms with E-state index in [1.165, 1.54) is 6.20 Å². The molecule has 3 aromatic rings. The second-order valence-electron chi connectivity index (χ2n) is 7.85. The topological polar surface area (TPSA) is 103 Å². The quantitative estimate of drug-likeness (QED) is 0.455. The van der Waals surface area contributed by atoms with E-state index in [1.807, 2.05) is 0 Å². The number of nitrogens with two attached hydrogens (primary N) is 1. The fraction of sp³-hybridized carbons (Fsp3) is 0.292. The summed E-state index contributed by atoms with van der Waals surface area (Å²) in [5.41, 5.74) is 7.16. The van der Waals surface area contributed by atoms with Gasteiger partial charge in [0.25, 0.3) is 11.8 Å². The van der Waals surface area contributed by atoms with Crippen LogP contribution >= 0.6 is 11.6 Å². The summed E-state index contributed by atoms with van der Waals surface area (Å²) >= 11 is 5.85. The van der Waals surface area contributed by atoms with E-state index in [-0.39, 0.29) is 28.2 Å². The molecule has 0 bridgehead atoms. The Labute approximate surface area is 206 Å². The molecule has 3 N–H and O–H groups in total. The summed E-state index contributed by atoms with van der Waals surface area (Å²) in [7, 11) is 0. The molecular weight excluding hydrogens is 480 g/mol. The Morgan fingerprint density at radius 1 is 1.20 bits per heavy atom. The Hall–Kier alpha value is -3.34. The number of nitrogen functional groups attached to an aromatic ring is 1. The fourth-order valence-corrected chi connectivity index (χ4v) is 3.75. The number of benzene rings is 2. The molecule has 1 aliphatic rings. The molecule has 11 heteroatoms. The summed E-state index contributed by atoms with van der Waals surface area (Å²) < 4.78 is 38.6. The second kappa shape index (κ2) is 11.4. The van der Waals surface area contributed by atoms with Gasteiger partial charge in [-0.2, -0.15) is 0 Å². The van der Waals surface area contributed by atoms with E-state index in [1.54, 1.807) is 24.3 Å². The summed E-state index contributed by atoms with van der Waals surface area (Å²) in [6.07, 6.45) is 1.44. The molecule has 184 valence electrons. The van der Waals surface area contributed by atoms with Crippen molar-refractivity contribution in [3.8, 4) is 17.1 Å². The molecule has 0 radical (unpaired) electrons. The average molecular weight is 504 g/mol. The minimum Gasteiger partial charge on any atom is -0.470 e. The number of nitrogens with one attached hydrogen (secondary N) is 1. The number of hydrogen-bond donors (Lipinski definition) is 2. The third-order valence-electron chi connectivity index (χ3n) is 5.50. The summed E-state index contributed by atoms with van der Waals surface area (Å²) in [6.45, 7) is 3.98. The third kappa shape index (κ3) is 6.21. The largest absolute Gasteiger partial charge is 0.470 e. The predicted molar refractivity (Wildman–Crippen MR) is 127 cm³/mol. The van der Waals surface area contributed by atoms with Crippen molar-refractivity contribution >= 4 is 23.3 Å². The molecular formula is C24H24ClF2N5O3. The highest BCUT2D eigenvalue weighted by Crippen LogP contribution is 2.27. The van der Waals surface area contributed by atoms with E-state index in [0.29, 0.717) is 36.6 Å². The molecule has 1 aliphatic heterocycles. The van der Waals surface area contributed by atoms with E-state index in [2.05, 4.69) is 20.2 Å². The van der Waals surface area contributed by atoms with Crippen LogP contribution in [0.15, 0.2) is 42.6 Å². The van der Waals surface area contributed by atoms with E-state index in [0.717, 1.165) is 31.8 Å². The molecule has 2 heterocycles. The zero-order valence-corrected chi connectivity index (χ0v) is 19.5. The molecule has 1 fully saturated rings. The van der Waals surface area contributed by atoms with Gasteiger partial charge in [-0.25, -0.2) is 18.7 Å². The molecule has 0 aliphatic carbocycles. The van der Waals surface area contributed by atoms with Crippen molar-refractivity contribution in [3.05, 3.63) is 70.4 Å². The monoisotopic (exact) mass is 503 g/mol. The van der Waals surface area contributed by atoms with Crippen LogP contribution < -0.4 is 15.8 Å². The molecule has 4 rings (SSSR count). The molecule has 1 aromatic heterocycles. The maximum Gasteiger partial charge on any atom is 0.258 e. The van der Waals surface area contributed by atoms with Gasteiger partial charge in [0.05, 0.1) is 30.1 Å². The van der Waals surface area contributed by atoms with Gasteiger partial charge in [0.1, 0.15) is 18.2 Å². The molecule has 0 atom stereocenters. The number of hydrogen-bond acceptors (Lipinski definition) is 7. The number of ether oxygens (including phenoxy) is 2. The van der Waals surface area contributed by atoms with E-state index < -0.39 is 18.2 Å². The lowest BCUT2D eigenvalue weighted by molar-refractivity contribution is 0.0383. The Balaban J connectivity index is 1.44. The van der Waals surface area contributed by atoms with Gasteiger partial charge in [-0.1, -0.05) is 23.7 Å². The van der Waals surface area contributed by atoms with Gasteiger partial charge in [-0.05, 0) is 24.3 Å². The van der Waals surface area contributed by atoms with Crippen molar-refractivity contribution in [2.75, 3.05) is 45.1 Å². The lowest BCUT2D eigenvalue weighted by atomic mass is 10.1. The number of nitrogens with zero attached hydrogens (tertiary/aromatic N) is 3. The van der Waals surface area contributed by atoms with Crippen molar-refractivity contribution in [2.24, 2.45) is 0 Å². The number of carbonyl (C=O) groups excluding carboxylic acids is 1. The first kappa shape index (κ1) is 24.8. The molecule has 1 saturated heterocycles. The standard InChI is InChI=1S/C24H24ClF2N5O3/c25-21-17(18(26)4-5-19(21)27)14-35-24-22(28)30-13-20(31-24)15-2-1-3-16(12-15)23(33)29-6-7-32-8-10-34-11-9-32/h1-5,12-13H,6-11,14H2,(H2,28,30)(H,29,33). The fourth-order valence-electron chi connectivity index (χ4n) is 3.54. The van der Waals surface area contributed by atoms with Gasteiger partial charge < -0.3 is 20.5 Å². The van der Waals surface area contributed by atoms with Crippen LogP contribution in [0.5, 0.6) is 5.88 Å². The highest BCUT2D eigenvalue weighted by molar-refractivity contribution is 6.31. The van der Waals surface area contributed by atoms with Gasteiger partial charge in [0.2, 0.25) is 0 Å². The van der Waals surface area contributed by atoms with Gasteiger partial charge >= 0.3 is 0 Å². The number of rotatable bonds is 8. The zero-order chi connectivity index (χ0) is 24.8. The Morgan fingerprint density at radius 2 is 1.97 bits per heavy atom. The van der Waals surface area contributed by atoms with Crippen molar-refractivity contribution in [1.82, 2.24) is 20.2 Å². The number of morpholine rings is 1. The Kier molecular flexibility index (Phi) is 8.06. The van der Waals surface area contributed by atoms with E-state index in [9.17, 15) is 13.6 Å². The smallest absolute Gasteiger partial charge is 0.258 e. The van der Waals surface area contributed by atoms with Gasteiger partial charge in [0.15, 0.2) is 5.82 Å². The van der Waals surface area contributed by atoms with Crippen LogP contribution in [-0.2, 0) is 11.3 Å². The summed E-state index contributed by atoms with van der Waals surface area (Å²) in [5.74, 6) is -1.79. The van der Waals surface area contributed by atoms with Gasteiger partial charge in [-0.15, -0.1) is 0 Å². The van der Waals surface area contributed by atoms with Crippen LogP contribution in [0.3, 0.4) is 0 Å². The van der Waals surface area contributed by atoms with Crippen molar-refractivity contribution in [1.29, 1.82) is 0 Å². The molecule has 8 nitrogen and oxygen atoms in total. The summed E-state index contributed by atoms with van der Waals surface area (Å²) in [4.78, 5) is 23.3. The number of amides is 1. The first-order valence-electron chi connectivity index (χ1n) is 11.0. The Morgan fingerprint density at radius 3 is 2.77 bits per heavy atom. The van der Waals surface area contributed by atoms with Crippen molar-refractivity contribution in [3.63, 3.8) is 0 Å². The van der Waals surface area contributed by atoms with Gasteiger partial charge in [-0.3, -0.25) is 9.69 Å². The zero-order valence-electron chi connectivity index (χ0n) is 18.8. The van der Waals surface area contributed by atoms with Crippen LogP contribution in [0.1, 0.15) is 15.9 Å². The first-order chi connectivity index (χ1) is 16.9. The number of aromatic nitrogens is 2. The molecule has 35 heavy (non-hydrogen) atoms. The maximum absolute atomic E-state index is 14.0. The second-order valence-corrected chi connectivity index (χ2v) is 8.22.